The second-order valence-electron chi connectivity index (χ2n) is 6.66. The number of para-hydroxylation sites is 1. The van der Waals surface area contributed by atoms with Crippen LogP contribution in [-0.2, 0) is 9.53 Å². The van der Waals surface area contributed by atoms with Crippen LogP contribution < -0.4 is 10.7 Å². The van der Waals surface area contributed by atoms with E-state index in [4.69, 9.17) is 9.26 Å². The summed E-state index contributed by atoms with van der Waals surface area (Å²) in [4.78, 5) is 39.2. The molecule has 0 aliphatic rings. The summed E-state index contributed by atoms with van der Waals surface area (Å²) in [6.07, 6.45) is 0. The molecule has 2 aromatic carbocycles. The molecule has 0 radical (unpaired) electrons. The van der Waals surface area contributed by atoms with Crippen molar-refractivity contribution in [1.29, 1.82) is 0 Å². The van der Waals surface area contributed by atoms with Crippen LogP contribution >= 0.6 is 0 Å². The lowest BCUT2D eigenvalue weighted by Crippen LogP contribution is -2.22. The molecule has 0 fully saturated rings. The first-order valence-electron chi connectivity index (χ1n) is 9.12. The largest absolute Gasteiger partial charge is 0.451 e. The Balaban J connectivity index is 1.38. The second kappa shape index (κ2) is 8.04. The van der Waals surface area contributed by atoms with Crippen molar-refractivity contribution in [3.8, 4) is 11.3 Å². The van der Waals surface area contributed by atoms with E-state index < -0.39 is 18.5 Å². The lowest BCUT2D eigenvalue weighted by Gasteiger charge is -2.05. The molecule has 2 heterocycles. The summed E-state index contributed by atoms with van der Waals surface area (Å²) in [6, 6.07) is 17.2. The molecule has 1 amide bonds. The zero-order chi connectivity index (χ0) is 21.1. The maximum absolute atomic E-state index is 12.2. The van der Waals surface area contributed by atoms with Gasteiger partial charge in [-0.1, -0.05) is 47.1 Å². The molecule has 2 N–H and O–H groups in total. The summed E-state index contributed by atoms with van der Waals surface area (Å²) < 4.78 is 10.1. The highest BCUT2D eigenvalue weighted by atomic mass is 16.5. The monoisotopic (exact) mass is 403 g/mol. The summed E-state index contributed by atoms with van der Waals surface area (Å²) >= 11 is 0. The number of nitrogens with one attached hydrogen (secondary N) is 2. The number of carbonyl (C=O) groups excluding carboxylic acids is 2. The Morgan fingerprint density at radius 2 is 1.87 bits per heavy atom. The molecule has 4 rings (SSSR count). The molecule has 4 aromatic rings. The molecule has 0 aliphatic carbocycles. The molecule has 0 atom stereocenters. The van der Waals surface area contributed by atoms with E-state index in [0.29, 0.717) is 16.6 Å². The number of ether oxygens (including phenoxy) is 1. The van der Waals surface area contributed by atoms with Gasteiger partial charge in [0, 0.05) is 28.6 Å². The van der Waals surface area contributed by atoms with E-state index in [2.05, 4.69) is 15.5 Å². The number of hydrogen-bond donors (Lipinski definition) is 2. The van der Waals surface area contributed by atoms with Crippen LogP contribution in [0.15, 0.2) is 70.0 Å². The molecule has 2 aromatic heterocycles. The minimum Gasteiger partial charge on any atom is -0.451 e. The first-order chi connectivity index (χ1) is 14.5. The molecule has 0 aliphatic heterocycles. The van der Waals surface area contributed by atoms with E-state index in [0.717, 1.165) is 17.2 Å². The van der Waals surface area contributed by atoms with E-state index >= 15 is 0 Å². The van der Waals surface area contributed by atoms with Gasteiger partial charge in [0.05, 0.1) is 0 Å². The Morgan fingerprint density at radius 1 is 1.10 bits per heavy atom. The number of aromatic nitrogens is 2. The van der Waals surface area contributed by atoms with Crippen molar-refractivity contribution < 1.29 is 18.8 Å². The Labute approximate surface area is 170 Å². The summed E-state index contributed by atoms with van der Waals surface area (Å²) in [6.45, 7) is 1.43. The minimum atomic E-state index is -0.814. The molecule has 0 bridgehead atoms. The van der Waals surface area contributed by atoms with Crippen molar-refractivity contribution in [2.45, 2.75) is 6.92 Å². The molecular weight excluding hydrogens is 386 g/mol. The molecular formula is C22H17N3O5. The van der Waals surface area contributed by atoms with Gasteiger partial charge in [0.2, 0.25) is 5.88 Å². The fraction of sp³-hybridized carbons (Fsp3) is 0.0909. The molecule has 0 spiro atoms. The van der Waals surface area contributed by atoms with Crippen molar-refractivity contribution in [1.82, 2.24) is 10.1 Å². The van der Waals surface area contributed by atoms with E-state index in [1.165, 1.54) is 0 Å². The normalized spacial score (nSPS) is 10.7. The molecule has 0 saturated heterocycles. The molecule has 0 saturated carbocycles. The summed E-state index contributed by atoms with van der Waals surface area (Å²) in [5.74, 6) is -1.28. The maximum atomic E-state index is 12.2. The van der Waals surface area contributed by atoms with Gasteiger partial charge in [0.25, 0.3) is 5.91 Å². The number of nitrogens with zero attached hydrogens (tertiary/aromatic N) is 1. The summed E-state index contributed by atoms with van der Waals surface area (Å²) in [5, 5.41) is 6.85. The number of anilines is 1. The molecule has 0 unspecified atom stereocenters. The van der Waals surface area contributed by atoms with Crippen LogP contribution in [0.4, 0.5) is 5.88 Å². The van der Waals surface area contributed by atoms with Crippen molar-refractivity contribution in [2.24, 2.45) is 0 Å². The molecule has 8 nitrogen and oxygen atoms in total. The second-order valence-corrected chi connectivity index (χ2v) is 6.66. The third-order valence-corrected chi connectivity index (χ3v) is 4.41. The lowest BCUT2D eigenvalue weighted by molar-refractivity contribution is -0.119. The van der Waals surface area contributed by atoms with Crippen LogP contribution in [0.5, 0.6) is 0 Å². The number of carbonyl (C=O) groups is 2. The van der Waals surface area contributed by atoms with Gasteiger partial charge < -0.3 is 14.2 Å². The first kappa shape index (κ1) is 19.1. The van der Waals surface area contributed by atoms with Gasteiger partial charge in [-0.2, -0.15) is 0 Å². The van der Waals surface area contributed by atoms with Crippen molar-refractivity contribution in [3.05, 3.63) is 82.1 Å². The number of hydrogen-bond acceptors (Lipinski definition) is 6. The maximum Gasteiger partial charge on any atom is 0.355 e. The van der Waals surface area contributed by atoms with Crippen LogP contribution in [0.3, 0.4) is 0 Å². The number of aryl methyl sites for hydroxylation is 1. The van der Waals surface area contributed by atoms with Crippen molar-refractivity contribution >= 4 is 28.7 Å². The smallest absolute Gasteiger partial charge is 0.355 e. The van der Waals surface area contributed by atoms with Crippen LogP contribution in [0.25, 0.3) is 22.2 Å². The Kier molecular flexibility index (Phi) is 5.13. The van der Waals surface area contributed by atoms with E-state index in [1.807, 2.05) is 31.2 Å². The highest BCUT2D eigenvalue weighted by Gasteiger charge is 2.15. The van der Waals surface area contributed by atoms with Gasteiger partial charge >= 0.3 is 5.97 Å². The predicted octanol–water partition coefficient (Wildman–Crippen LogP) is 3.29. The minimum absolute atomic E-state index is 0.0344. The highest BCUT2D eigenvalue weighted by Crippen LogP contribution is 2.22. The first-order valence-corrected chi connectivity index (χ1v) is 9.12. The fourth-order valence-corrected chi connectivity index (χ4v) is 2.88. The van der Waals surface area contributed by atoms with Gasteiger partial charge in [-0.3, -0.25) is 14.9 Å². The average molecular weight is 403 g/mol. The molecule has 30 heavy (non-hydrogen) atoms. The number of benzene rings is 2. The van der Waals surface area contributed by atoms with E-state index in [-0.39, 0.29) is 17.0 Å². The van der Waals surface area contributed by atoms with E-state index in [1.54, 1.807) is 30.3 Å². The van der Waals surface area contributed by atoms with Crippen LogP contribution in [0.2, 0.25) is 0 Å². The fourth-order valence-electron chi connectivity index (χ4n) is 2.88. The number of aromatic amines is 1. The van der Waals surface area contributed by atoms with Crippen molar-refractivity contribution in [2.75, 3.05) is 11.9 Å². The van der Waals surface area contributed by atoms with Gasteiger partial charge in [-0.05, 0) is 19.1 Å². The Hall–Kier alpha value is -4.20. The topological polar surface area (TPSA) is 114 Å². The third kappa shape index (κ3) is 4.12. The summed E-state index contributed by atoms with van der Waals surface area (Å²) in [7, 11) is 0. The molecule has 150 valence electrons. The zero-order valence-electron chi connectivity index (χ0n) is 16.0. The zero-order valence-corrected chi connectivity index (χ0v) is 16.0. The number of esters is 1. The van der Waals surface area contributed by atoms with Crippen LogP contribution in [-0.4, -0.2) is 28.6 Å². The van der Waals surface area contributed by atoms with Gasteiger partial charge in [0.1, 0.15) is 11.4 Å². The number of H-pyrrole nitrogens is 1. The predicted molar refractivity (Wildman–Crippen MR) is 110 cm³/mol. The number of fused-ring (bicyclic) bond motifs is 1. The number of pyridine rings is 1. The number of amides is 1. The molecule has 8 heteroatoms. The van der Waals surface area contributed by atoms with E-state index in [9.17, 15) is 14.4 Å². The van der Waals surface area contributed by atoms with Crippen molar-refractivity contribution in [3.63, 3.8) is 0 Å². The lowest BCUT2D eigenvalue weighted by atomic mass is 10.1. The van der Waals surface area contributed by atoms with Gasteiger partial charge in [-0.25, -0.2) is 4.79 Å². The third-order valence-electron chi connectivity index (χ3n) is 4.41. The van der Waals surface area contributed by atoms with Gasteiger partial charge in [-0.15, -0.1) is 0 Å². The quantitative estimate of drug-likeness (QED) is 0.494. The Morgan fingerprint density at radius 3 is 2.67 bits per heavy atom. The standard InChI is InChI=1S/C22H17N3O5/c1-13-6-8-14(9-7-13)17-11-21(30-25-17)24-20(27)12-29-22(28)18-10-19(26)15-4-2-3-5-16(15)23-18/h2-11H,12H2,1H3,(H,23,26)(H,24,27). The Bertz CT molecular complexity index is 1290. The van der Waals surface area contributed by atoms with Gasteiger partial charge in [0.15, 0.2) is 12.0 Å². The highest BCUT2D eigenvalue weighted by molar-refractivity contribution is 5.95. The van der Waals surface area contributed by atoms with Crippen LogP contribution in [0, 0.1) is 6.92 Å². The average Bonchev–Trinajstić information content (AvgIpc) is 3.21. The number of rotatable bonds is 5. The summed E-state index contributed by atoms with van der Waals surface area (Å²) in [5.41, 5.74) is 2.68. The SMILES string of the molecule is Cc1ccc(-c2cc(NC(=O)COC(=O)c3cc(=O)c4ccccc4[nH]3)on2)cc1. The van der Waals surface area contributed by atoms with Crippen LogP contribution in [0.1, 0.15) is 16.1 Å².